The minimum atomic E-state index is -4.40. The molecule has 0 unspecified atom stereocenters. The maximum absolute atomic E-state index is 13.6. The lowest BCUT2D eigenvalue weighted by atomic mass is 10.0. The van der Waals surface area contributed by atoms with Gasteiger partial charge in [0.15, 0.2) is 0 Å². The molecule has 0 spiro atoms. The molecule has 1 saturated heterocycles. The second-order valence-electron chi connectivity index (χ2n) is 8.26. The molecule has 3 heterocycles. The lowest BCUT2D eigenvalue weighted by Gasteiger charge is -2.36. The van der Waals surface area contributed by atoms with Crippen molar-refractivity contribution in [2.24, 2.45) is 0 Å². The van der Waals surface area contributed by atoms with Gasteiger partial charge in [0.1, 0.15) is 0 Å². The normalized spacial score (nSPS) is 14.4. The van der Waals surface area contributed by atoms with Crippen LogP contribution >= 0.6 is 11.6 Å². The fourth-order valence-electron chi connectivity index (χ4n) is 4.24. The van der Waals surface area contributed by atoms with Gasteiger partial charge in [0.25, 0.3) is 5.91 Å². The standard InChI is InChI=1S/C26H20ClF3N4O/c27-18-7-8-22-20(15-18)21(16-24(32-22)23-6-1-2-9-31-23)25(35)34-12-10-33(11-13-34)19-5-3-4-17(14-19)26(28,29)30/h1-9,14-16H,10-13H2. The van der Waals surface area contributed by atoms with E-state index in [0.29, 0.717) is 64.7 Å². The number of alkyl halides is 3. The summed E-state index contributed by atoms with van der Waals surface area (Å²) in [6, 6.07) is 17.7. The molecule has 0 atom stereocenters. The van der Waals surface area contributed by atoms with E-state index in [1.807, 2.05) is 17.0 Å². The highest BCUT2D eigenvalue weighted by Crippen LogP contribution is 2.32. The van der Waals surface area contributed by atoms with Crippen LogP contribution in [0.3, 0.4) is 0 Å². The number of piperazine rings is 1. The van der Waals surface area contributed by atoms with Crippen LogP contribution in [0.4, 0.5) is 18.9 Å². The Bertz CT molecular complexity index is 1390. The minimum Gasteiger partial charge on any atom is -0.368 e. The molecule has 5 rings (SSSR count). The molecular weight excluding hydrogens is 477 g/mol. The van der Waals surface area contributed by atoms with E-state index in [1.54, 1.807) is 47.5 Å². The summed E-state index contributed by atoms with van der Waals surface area (Å²) >= 11 is 6.22. The second kappa shape index (κ2) is 9.19. The molecule has 1 fully saturated rings. The number of hydrogen-bond acceptors (Lipinski definition) is 4. The van der Waals surface area contributed by atoms with Crippen LogP contribution in [0, 0.1) is 0 Å². The van der Waals surface area contributed by atoms with Crippen LogP contribution < -0.4 is 4.90 Å². The van der Waals surface area contributed by atoms with Gasteiger partial charge in [0.2, 0.25) is 0 Å². The van der Waals surface area contributed by atoms with E-state index in [1.165, 1.54) is 6.07 Å². The highest BCUT2D eigenvalue weighted by molar-refractivity contribution is 6.31. The zero-order chi connectivity index (χ0) is 24.6. The number of amides is 1. The molecule has 9 heteroatoms. The summed E-state index contributed by atoms with van der Waals surface area (Å²) in [6.07, 6.45) is -2.74. The van der Waals surface area contributed by atoms with Crippen molar-refractivity contribution in [2.45, 2.75) is 6.18 Å². The average molecular weight is 497 g/mol. The number of fused-ring (bicyclic) bond motifs is 1. The van der Waals surface area contributed by atoms with Crippen LogP contribution in [-0.2, 0) is 6.18 Å². The van der Waals surface area contributed by atoms with Crippen molar-refractivity contribution in [3.05, 3.63) is 89.1 Å². The molecule has 5 nitrogen and oxygen atoms in total. The van der Waals surface area contributed by atoms with Crippen molar-refractivity contribution in [1.29, 1.82) is 0 Å². The largest absolute Gasteiger partial charge is 0.416 e. The molecule has 1 aliphatic rings. The second-order valence-corrected chi connectivity index (χ2v) is 8.70. The van der Waals surface area contributed by atoms with Crippen LogP contribution in [0.15, 0.2) is 72.9 Å². The minimum absolute atomic E-state index is 0.180. The van der Waals surface area contributed by atoms with Crippen LogP contribution in [0.2, 0.25) is 5.02 Å². The van der Waals surface area contributed by atoms with Crippen LogP contribution in [0.5, 0.6) is 0 Å². The van der Waals surface area contributed by atoms with E-state index >= 15 is 0 Å². The first-order chi connectivity index (χ1) is 16.8. The summed E-state index contributed by atoms with van der Waals surface area (Å²) in [7, 11) is 0. The summed E-state index contributed by atoms with van der Waals surface area (Å²) in [4.78, 5) is 26.2. The monoisotopic (exact) mass is 496 g/mol. The molecule has 1 amide bonds. The molecule has 0 bridgehead atoms. The Labute approximate surface area is 204 Å². The lowest BCUT2D eigenvalue weighted by molar-refractivity contribution is -0.137. The summed E-state index contributed by atoms with van der Waals surface area (Å²) < 4.78 is 39.3. The Morgan fingerprint density at radius 1 is 0.886 bits per heavy atom. The van der Waals surface area contributed by atoms with Crippen molar-refractivity contribution < 1.29 is 18.0 Å². The van der Waals surface area contributed by atoms with Crippen LogP contribution in [0.1, 0.15) is 15.9 Å². The Hall–Kier alpha value is -3.65. The zero-order valence-electron chi connectivity index (χ0n) is 18.5. The van der Waals surface area contributed by atoms with Crippen molar-refractivity contribution >= 4 is 34.1 Å². The Balaban J connectivity index is 1.42. The van der Waals surface area contributed by atoms with Crippen LogP contribution in [0.25, 0.3) is 22.3 Å². The molecule has 0 radical (unpaired) electrons. The lowest BCUT2D eigenvalue weighted by Crippen LogP contribution is -2.48. The molecule has 1 aliphatic heterocycles. The van der Waals surface area contributed by atoms with Gasteiger partial charge in [-0.25, -0.2) is 4.98 Å². The number of aromatic nitrogens is 2. The van der Waals surface area contributed by atoms with E-state index in [0.717, 1.165) is 12.1 Å². The molecule has 2 aromatic carbocycles. The highest BCUT2D eigenvalue weighted by atomic mass is 35.5. The quantitative estimate of drug-likeness (QED) is 0.352. The SMILES string of the molecule is O=C(c1cc(-c2ccccn2)nc2ccc(Cl)cc12)N1CCN(c2cccc(C(F)(F)F)c2)CC1. The molecule has 178 valence electrons. The Morgan fingerprint density at radius 3 is 2.40 bits per heavy atom. The van der Waals surface area contributed by atoms with Gasteiger partial charge in [-0.1, -0.05) is 23.7 Å². The summed E-state index contributed by atoms with van der Waals surface area (Å²) in [5.41, 5.74) is 2.12. The van der Waals surface area contributed by atoms with Gasteiger partial charge < -0.3 is 9.80 Å². The number of carbonyl (C=O) groups is 1. The number of halogens is 4. The summed E-state index contributed by atoms with van der Waals surface area (Å²) in [6.45, 7) is 1.59. The zero-order valence-corrected chi connectivity index (χ0v) is 19.2. The summed E-state index contributed by atoms with van der Waals surface area (Å²) in [5.74, 6) is -0.180. The maximum Gasteiger partial charge on any atom is 0.416 e. The third kappa shape index (κ3) is 4.79. The van der Waals surface area contributed by atoms with Gasteiger partial charge in [-0.05, 0) is 54.6 Å². The Kier molecular flexibility index (Phi) is 6.06. The van der Waals surface area contributed by atoms with Crippen LogP contribution in [-0.4, -0.2) is 47.0 Å². The van der Waals surface area contributed by atoms with E-state index in [-0.39, 0.29) is 5.91 Å². The molecule has 4 aromatic rings. The number of rotatable bonds is 3. The first-order valence-electron chi connectivity index (χ1n) is 11.0. The van der Waals surface area contributed by atoms with E-state index in [9.17, 15) is 18.0 Å². The number of nitrogens with zero attached hydrogens (tertiary/aromatic N) is 4. The molecular formula is C26H20ClF3N4O. The van der Waals surface area contributed by atoms with Crippen molar-refractivity contribution in [3.8, 4) is 11.4 Å². The first kappa shape index (κ1) is 23.1. The molecule has 2 aromatic heterocycles. The number of pyridine rings is 2. The molecule has 0 N–H and O–H groups in total. The average Bonchev–Trinajstić information content (AvgIpc) is 2.88. The third-order valence-electron chi connectivity index (χ3n) is 6.03. The van der Waals surface area contributed by atoms with E-state index in [2.05, 4.69) is 9.97 Å². The maximum atomic E-state index is 13.6. The van der Waals surface area contributed by atoms with Gasteiger partial charge in [0, 0.05) is 48.5 Å². The fraction of sp³-hybridized carbons (Fsp3) is 0.192. The van der Waals surface area contributed by atoms with Crippen molar-refractivity contribution in [3.63, 3.8) is 0 Å². The fourth-order valence-corrected chi connectivity index (χ4v) is 4.41. The molecule has 0 saturated carbocycles. The number of carbonyl (C=O) groups excluding carboxylic acids is 1. The smallest absolute Gasteiger partial charge is 0.368 e. The van der Waals surface area contributed by atoms with Gasteiger partial charge >= 0.3 is 6.18 Å². The number of benzene rings is 2. The summed E-state index contributed by atoms with van der Waals surface area (Å²) in [5, 5.41) is 1.13. The van der Waals surface area contributed by atoms with Gasteiger partial charge in [-0.2, -0.15) is 13.2 Å². The molecule has 35 heavy (non-hydrogen) atoms. The predicted octanol–water partition coefficient (Wildman–Crippen LogP) is 5.93. The van der Waals surface area contributed by atoms with Crippen molar-refractivity contribution in [1.82, 2.24) is 14.9 Å². The van der Waals surface area contributed by atoms with Gasteiger partial charge in [-0.3, -0.25) is 9.78 Å². The van der Waals surface area contributed by atoms with Gasteiger partial charge in [-0.15, -0.1) is 0 Å². The number of hydrogen-bond donors (Lipinski definition) is 0. The molecule has 0 aliphatic carbocycles. The first-order valence-corrected chi connectivity index (χ1v) is 11.4. The van der Waals surface area contributed by atoms with E-state index < -0.39 is 11.7 Å². The van der Waals surface area contributed by atoms with Crippen molar-refractivity contribution in [2.75, 3.05) is 31.1 Å². The number of anilines is 1. The highest BCUT2D eigenvalue weighted by Gasteiger charge is 2.31. The van der Waals surface area contributed by atoms with Gasteiger partial charge in [0.05, 0.1) is 28.0 Å². The Morgan fingerprint density at radius 2 is 1.69 bits per heavy atom. The van der Waals surface area contributed by atoms with E-state index in [4.69, 9.17) is 11.6 Å². The topological polar surface area (TPSA) is 49.3 Å². The third-order valence-corrected chi connectivity index (χ3v) is 6.27. The predicted molar refractivity (Wildman–Crippen MR) is 130 cm³/mol.